The van der Waals surface area contributed by atoms with E-state index in [9.17, 15) is 4.79 Å². The van der Waals surface area contributed by atoms with Crippen LogP contribution in [-0.2, 0) is 11.3 Å². The standard InChI is InChI=1S/C19H18ClN5OS/c1-3-12-25-17(14-8-10-21-11-9-14)23-24-19(25)27-13(2)18(26)22-16-6-4-15(20)5-7-16/h3-11,13H,1,12H2,2H3,(H,22,26)/t13-/m0/s1. The zero-order valence-electron chi connectivity index (χ0n) is 14.7. The number of benzene rings is 1. The number of nitrogens with zero attached hydrogens (tertiary/aromatic N) is 4. The molecular weight excluding hydrogens is 382 g/mol. The highest BCUT2D eigenvalue weighted by Crippen LogP contribution is 2.27. The Kier molecular flexibility index (Phi) is 6.26. The highest BCUT2D eigenvalue weighted by atomic mass is 35.5. The molecule has 0 aliphatic heterocycles. The van der Waals surface area contributed by atoms with Gasteiger partial charge in [-0.05, 0) is 43.3 Å². The van der Waals surface area contributed by atoms with Gasteiger partial charge in [0.05, 0.1) is 5.25 Å². The van der Waals surface area contributed by atoms with Crippen molar-refractivity contribution >= 4 is 35.0 Å². The van der Waals surface area contributed by atoms with Gasteiger partial charge in [-0.1, -0.05) is 29.4 Å². The zero-order valence-corrected chi connectivity index (χ0v) is 16.2. The van der Waals surface area contributed by atoms with Crippen molar-refractivity contribution in [3.8, 4) is 11.4 Å². The Bertz CT molecular complexity index is 927. The first-order valence-corrected chi connectivity index (χ1v) is 9.52. The molecule has 0 bridgehead atoms. The molecule has 3 aromatic rings. The van der Waals surface area contributed by atoms with Crippen molar-refractivity contribution in [3.05, 3.63) is 66.5 Å². The van der Waals surface area contributed by atoms with Crippen LogP contribution in [0.1, 0.15) is 6.92 Å². The Balaban J connectivity index is 1.76. The second-order valence-electron chi connectivity index (χ2n) is 5.70. The van der Waals surface area contributed by atoms with E-state index in [2.05, 4.69) is 27.1 Å². The minimum Gasteiger partial charge on any atom is -0.325 e. The average molecular weight is 400 g/mol. The van der Waals surface area contributed by atoms with Crippen LogP contribution in [0.25, 0.3) is 11.4 Å². The number of amides is 1. The number of rotatable bonds is 7. The van der Waals surface area contributed by atoms with E-state index >= 15 is 0 Å². The molecule has 27 heavy (non-hydrogen) atoms. The predicted octanol–water partition coefficient (Wildman–Crippen LogP) is 4.30. The van der Waals surface area contributed by atoms with Gasteiger partial charge in [-0.3, -0.25) is 14.3 Å². The molecule has 138 valence electrons. The molecule has 2 heterocycles. The van der Waals surface area contributed by atoms with Crippen molar-refractivity contribution < 1.29 is 4.79 Å². The van der Waals surface area contributed by atoms with Crippen LogP contribution >= 0.6 is 23.4 Å². The number of allylic oxidation sites excluding steroid dienone is 1. The number of hydrogen-bond acceptors (Lipinski definition) is 5. The molecule has 0 aliphatic carbocycles. The highest BCUT2D eigenvalue weighted by Gasteiger charge is 2.20. The maximum atomic E-state index is 12.5. The van der Waals surface area contributed by atoms with E-state index in [1.54, 1.807) is 42.7 Å². The third-order valence-electron chi connectivity index (χ3n) is 3.73. The summed E-state index contributed by atoms with van der Waals surface area (Å²) in [7, 11) is 0. The summed E-state index contributed by atoms with van der Waals surface area (Å²) in [5.74, 6) is 0.589. The first-order valence-electron chi connectivity index (χ1n) is 8.26. The number of anilines is 1. The van der Waals surface area contributed by atoms with Crippen molar-refractivity contribution in [2.24, 2.45) is 0 Å². The summed E-state index contributed by atoms with van der Waals surface area (Å²) in [6, 6.07) is 10.7. The summed E-state index contributed by atoms with van der Waals surface area (Å²) in [6.07, 6.45) is 5.19. The van der Waals surface area contributed by atoms with E-state index in [0.29, 0.717) is 28.2 Å². The Labute approximate surface area is 166 Å². The Morgan fingerprint density at radius 2 is 1.96 bits per heavy atom. The number of hydrogen-bond donors (Lipinski definition) is 1. The number of carbonyl (C=O) groups excluding carboxylic acids is 1. The monoisotopic (exact) mass is 399 g/mol. The van der Waals surface area contributed by atoms with Crippen LogP contribution in [0.15, 0.2) is 66.6 Å². The second kappa shape index (κ2) is 8.83. The third-order valence-corrected chi connectivity index (χ3v) is 5.06. The predicted molar refractivity (Wildman–Crippen MR) is 109 cm³/mol. The molecule has 0 spiro atoms. The fraction of sp³-hybridized carbons (Fsp3) is 0.158. The summed E-state index contributed by atoms with van der Waals surface area (Å²) in [5, 5.41) is 12.3. The normalized spacial score (nSPS) is 11.8. The largest absolute Gasteiger partial charge is 0.325 e. The lowest BCUT2D eigenvalue weighted by Crippen LogP contribution is -2.22. The number of nitrogens with one attached hydrogen (secondary N) is 1. The molecule has 1 amide bonds. The highest BCUT2D eigenvalue weighted by molar-refractivity contribution is 8.00. The molecule has 1 atom stereocenters. The number of pyridine rings is 1. The maximum Gasteiger partial charge on any atom is 0.237 e. The average Bonchev–Trinajstić information content (AvgIpc) is 3.07. The minimum absolute atomic E-state index is 0.124. The van der Waals surface area contributed by atoms with Gasteiger partial charge in [0.15, 0.2) is 11.0 Å². The van der Waals surface area contributed by atoms with Gasteiger partial charge in [0, 0.05) is 35.2 Å². The molecule has 0 saturated heterocycles. The van der Waals surface area contributed by atoms with Crippen molar-refractivity contribution in [2.75, 3.05) is 5.32 Å². The molecule has 0 radical (unpaired) electrons. The third kappa shape index (κ3) is 4.75. The van der Waals surface area contributed by atoms with Crippen LogP contribution in [0.5, 0.6) is 0 Å². The van der Waals surface area contributed by atoms with Crippen LogP contribution < -0.4 is 5.32 Å². The smallest absolute Gasteiger partial charge is 0.237 e. The molecule has 2 aromatic heterocycles. The molecule has 1 N–H and O–H groups in total. The lowest BCUT2D eigenvalue weighted by molar-refractivity contribution is -0.115. The van der Waals surface area contributed by atoms with Crippen LogP contribution in [0.4, 0.5) is 5.69 Å². The Morgan fingerprint density at radius 3 is 2.63 bits per heavy atom. The zero-order chi connectivity index (χ0) is 19.2. The number of aromatic nitrogens is 4. The van der Waals surface area contributed by atoms with E-state index in [-0.39, 0.29) is 11.2 Å². The lowest BCUT2D eigenvalue weighted by Gasteiger charge is -2.13. The molecule has 1 aromatic carbocycles. The Morgan fingerprint density at radius 1 is 1.26 bits per heavy atom. The SMILES string of the molecule is C=CCn1c(S[C@@H](C)C(=O)Nc2ccc(Cl)cc2)nnc1-c1ccncc1. The molecule has 0 aliphatic rings. The van der Waals surface area contributed by atoms with Gasteiger partial charge in [-0.15, -0.1) is 16.8 Å². The first-order chi connectivity index (χ1) is 13.1. The molecule has 6 nitrogen and oxygen atoms in total. The summed E-state index contributed by atoms with van der Waals surface area (Å²) in [5.41, 5.74) is 1.60. The lowest BCUT2D eigenvalue weighted by atomic mass is 10.2. The number of halogens is 1. The first kappa shape index (κ1) is 19.1. The number of carbonyl (C=O) groups is 1. The van der Waals surface area contributed by atoms with Crippen LogP contribution in [-0.4, -0.2) is 30.9 Å². The Hall–Kier alpha value is -2.64. The maximum absolute atomic E-state index is 12.5. The van der Waals surface area contributed by atoms with Gasteiger partial charge >= 0.3 is 0 Å². The molecule has 0 unspecified atom stereocenters. The van der Waals surface area contributed by atoms with Gasteiger partial charge in [-0.25, -0.2) is 0 Å². The van der Waals surface area contributed by atoms with Crippen LogP contribution in [0, 0.1) is 0 Å². The van der Waals surface area contributed by atoms with Crippen molar-refractivity contribution in [1.29, 1.82) is 0 Å². The van der Waals surface area contributed by atoms with Gasteiger partial charge in [-0.2, -0.15) is 0 Å². The quantitative estimate of drug-likeness (QED) is 0.473. The summed E-state index contributed by atoms with van der Waals surface area (Å²) in [4.78, 5) is 16.5. The van der Waals surface area contributed by atoms with Gasteiger partial charge in [0.25, 0.3) is 0 Å². The molecule has 0 saturated carbocycles. The molecule has 8 heteroatoms. The summed E-state index contributed by atoms with van der Waals surface area (Å²) in [6.45, 7) is 6.17. The van der Waals surface area contributed by atoms with Crippen molar-refractivity contribution in [1.82, 2.24) is 19.7 Å². The van der Waals surface area contributed by atoms with E-state index in [1.807, 2.05) is 23.6 Å². The topological polar surface area (TPSA) is 72.7 Å². The minimum atomic E-state index is -0.362. The second-order valence-corrected chi connectivity index (χ2v) is 7.44. The number of thioether (sulfide) groups is 1. The van der Waals surface area contributed by atoms with Crippen LogP contribution in [0.3, 0.4) is 0 Å². The van der Waals surface area contributed by atoms with E-state index < -0.39 is 0 Å². The van der Waals surface area contributed by atoms with Gasteiger partial charge in [0.2, 0.25) is 5.91 Å². The van der Waals surface area contributed by atoms with Gasteiger partial charge in [0.1, 0.15) is 0 Å². The fourth-order valence-electron chi connectivity index (χ4n) is 2.37. The van der Waals surface area contributed by atoms with Gasteiger partial charge < -0.3 is 5.32 Å². The molecule has 3 rings (SSSR count). The van der Waals surface area contributed by atoms with E-state index in [0.717, 1.165) is 5.56 Å². The van der Waals surface area contributed by atoms with E-state index in [1.165, 1.54) is 11.8 Å². The van der Waals surface area contributed by atoms with E-state index in [4.69, 9.17) is 11.6 Å². The fourth-order valence-corrected chi connectivity index (χ4v) is 3.36. The summed E-state index contributed by atoms with van der Waals surface area (Å²) < 4.78 is 1.93. The van der Waals surface area contributed by atoms with Crippen molar-refractivity contribution in [2.45, 2.75) is 23.9 Å². The van der Waals surface area contributed by atoms with Crippen LogP contribution in [0.2, 0.25) is 5.02 Å². The van der Waals surface area contributed by atoms with Crippen molar-refractivity contribution in [3.63, 3.8) is 0 Å². The molecular formula is C19H18ClN5OS. The summed E-state index contributed by atoms with van der Waals surface area (Å²) >= 11 is 7.22. The molecule has 0 fully saturated rings.